The number of aromatic nitrogens is 1. The summed E-state index contributed by atoms with van der Waals surface area (Å²) >= 11 is 0. The Bertz CT molecular complexity index is 560. The molecule has 0 amide bonds. The van der Waals surface area contributed by atoms with E-state index in [-0.39, 0.29) is 12.4 Å². The predicted octanol–water partition coefficient (Wildman–Crippen LogP) is 2.43. The Morgan fingerprint density at radius 1 is 1.32 bits per heavy atom. The van der Waals surface area contributed by atoms with E-state index < -0.39 is 0 Å². The lowest BCUT2D eigenvalue weighted by molar-refractivity contribution is 0.0726. The molecule has 19 heavy (non-hydrogen) atoms. The fourth-order valence-electron chi connectivity index (χ4n) is 1.78. The van der Waals surface area contributed by atoms with Crippen molar-refractivity contribution < 1.29 is 14.3 Å². The number of carbonyl (C=O) groups is 1. The van der Waals surface area contributed by atoms with Crippen molar-refractivity contribution >= 4 is 5.78 Å². The van der Waals surface area contributed by atoms with Crippen LogP contribution in [0, 0.1) is 0 Å². The minimum Gasteiger partial charge on any atom is -0.497 e. The Labute approximate surface area is 112 Å². The number of benzene rings is 1. The number of rotatable bonds is 6. The van der Waals surface area contributed by atoms with Crippen LogP contribution in [0.2, 0.25) is 0 Å². The summed E-state index contributed by atoms with van der Waals surface area (Å²) in [5.41, 5.74) is 1.66. The number of Topliss-reactive ketones (excluding diaryl/α,β-unsaturated/α-hetero) is 1. The van der Waals surface area contributed by atoms with E-state index in [2.05, 4.69) is 0 Å². The third-order valence-electron chi connectivity index (χ3n) is 2.79. The van der Waals surface area contributed by atoms with Crippen molar-refractivity contribution in [1.29, 1.82) is 0 Å². The number of hydrogen-bond acceptors (Lipinski definition) is 3. The second-order valence-corrected chi connectivity index (χ2v) is 4.33. The van der Waals surface area contributed by atoms with E-state index in [1.54, 1.807) is 19.4 Å². The molecule has 1 heterocycles. The van der Waals surface area contributed by atoms with E-state index in [9.17, 15) is 4.79 Å². The van der Waals surface area contributed by atoms with E-state index in [1.165, 1.54) is 0 Å². The van der Waals surface area contributed by atoms with Gasteiger partial charge in [0.15, 0.2) is 5.78 Å². The first-order valence-electron chi connectivity index (χ1n) is 6.05. The Hall–Kier alpha value is -2.07. The maximum Gasteiger partial charge on any atom is 0.189 e. The number of nitrogens with zero attached hydrogens (tertiary/aromatic N) is 1. The maximum atomic E-state index is 11.8. The SMILES string of the molecule is COc1cccc(COCC(=O)c2ccn(C)c2)c1. The van der Waals surface area contributed by atoms with Crippen LogP contribution in [0.4, 0.5) is 0 Å². The Balaban J connectivity index is 1.84. The molecule has 1 aromatic carbocycles. The van der Waals surface area contributed by atoms with Crippen LogP contribution in [-0.4, -0.2) is 24.1 Å². The van der Waals surface area contributed by atoms with Gasteiger partial charge in [0.2, 0.25) is 0 Å². The van der Waals surface area contributed by atoms with Gasteiger partial charge in [0.1, 0.15) is 12.4 Å². The molecule has 0 saturated heterocycles. The van der Waals surface area contributed by atoms with Crippen molar-refractivity contribution in [2.24, 2.45) is 7.05 Å². The van der Waals surface area contributed by atoms with Gasteiger partial charge in [-0.3, -0.25) is 4.79 Å². The highest BCUT2D eigenvalue weighted by Crippen LogP contribution is 2.13. The summed E-state index contributed by atoms with van der Waals surface area (Å²) in [6.07, 6.45) is 3.63. The molecule has 0 aliphatic carbocycles. The largest absolute Gasteiger partial charge is 0.497 e. The third kappa shape index (κ3) is 3.69. The summed E-state index contributed by atoms with van der Waals surface area (Å²) in [6.45, 7) is 0.483. The van der Waals surface area contributed by atoms with E-state index in [0.717, 1.165) is 11.3 Å². The molecule has 0 saturated carbocycles. The van der Waals surface area contributed by atoms with Crippen LogP contribution in [-0.2, 0) is 18.4 Å². The Kier molecular flexibility index (Phi) is 4.36. The molecule has 0 aliphatic heterocycles. The van der Waals surface area contributed by atoms with Crippen molar-refractivity contribution in [2.75, 3.05) is 13.7 Å². The second kappa shape index (κ2) is 6.20. The van der Waals surface area contributed by atoms with Gasteiger partial charge in [-0.1, -0.05) is 12.1 Å². The quantitative estimate of drug-likeness (QED) is 0.748. The first-order valence-corrected chi connectivity index (χ1v) is 6.05. The van der Waals surface area contributed by atoms with Crippen molar-refractivity contribution in [2.45, 2.75) is 6.61 Å². The van der Waals surface area contributed by atoms with Gasteiger partial charge in [-0.05, 0) is 23.8 Å². The molecule has 0 N–H and O–H groups in total. The molecule has 1 aromatic heterocycles. The highest BCUT2D eigenvalue weighted by Gasteiger charge is 2.07. The van der Waals surface area contributed by atoms with E-state index in [0.29, 0.717) is 12.2 Å². The number of carbonyl (C=O) groups excluding carboxylic acids is 1. The smallest absolute Gasteiger partial charge is 0.189 e. The fourth-order valence-corrected chi connectivity index (χ4v) is 1.78. The molecule has 0 aliphatic rings. The zero-order chi connectivity index (χ0) is 13.7. The molecule has 4 heteroatoms. The van der Waals surface area contributed by atoms with Gasteiger partial charge in [-0.25, -0.2) is 0 Å². The zero-order valence-corrected chi connectivity index (χ0v) is 11.1. The lowest BCUT2D eigenvalue weighted by Crippen LogP contribution is -2.08. The number of methoxy groups -OCH3 is 1. The summed E-state index contributed by atoms with van der Waals surface area (Å²) in [4.78, 5) is 11.8. The molecule has 0 spiro atoms. The number of ether oxygens (including phenoxy) is 2. The molecule has 4 nitrogen and oxygen atoms in total. The van der Waals surface area contributed by atoms with Crippen LogP contribution >= 0.6 is 0 Å². The molecule has 0 atom stereocenters. The van der Waals surface area contributed by atoms with Crippen LogP contribution in [0.15, 0.2) is 42.7 Å². The normalized spacial score (nSPS) is 10.4. The Morgan fingerprint density at radius 3 is 2.84 bits per heavy atom. The van der Waals surface area contributed by atoms with E-state index in [4.69, 9.17) is 9.47 Å². The summed E-state index contributed by atoms with van der Waals surface area (Å²) < 4.78 is 12.4. The maximum absolute atomic E-state index is 11.8. The van der Waals surface area contributed by atoms with Crippen molar-refractivity contribution in [3.63, 3.8) is 0 Å². The molecule has 0 fully saturated rings. The van der Waals surface area contributed by atoms with Gasteiger partial charge < -0.3 is 14.0 Å². The fraction of sp³-hybridized carbons (Fsp3) is 0.267. The van der Waals surface area contributed by atoms with Gasteiger partial charge >= 0.3 is 0 Å². The van der Waals surface area contributed by atoms with Crippen LogP contribution < -0.4 is 4.74 Å². The lowest BCUT2D eigenvalue weighted by Gasteiger charge is -2.05. The minimum atomic E-state index is -0.0107. The molecular weight excluding hydrogens is 242 g/mol. The standard InChI is InChI=1S/C15H17NO3/c1-16-7-6-13(9-16)15(17)11-19-10-12-4-3-5-14(8-12)18-2/h3-9H,10-11H2,1-2H3. The minimum absolute atomic E-state index is 0.0107. The monoisotopic (exact) mass is 259 g/mol. The van der Waals surface area contributed by atoms with E-state index in [1.807, 2.05) is 42.1 Å². The molecule has 2 rings (SSSR count). The topological polar surface area (TPSA) is 40.5 Å². The second-order valence-electron chi connectivity index (χ2n) is 4.33. The van der Waals surface area contributed by atoms with E-state index >= 15 is 0 Å². The van der Waals surface area contributed by atoms with Gasteiger partial charge in [0.05, 0.1) is 13.7 Å². The molecule has 2 aromatic rings. The summed E-state index contributed by atoms with van der Waals surface area (Å²) in [5.74, 6) is 0.777. The number of ketones is 1. The average Bonchev–Trinajstić information content (AvgIpc) is 2.86. The molecular formula is C15H17NO3. The van der Waals surface area contributed by atoms with Gasteiger partial charge in [-0.2, -0.15) is 0 Å². The van der Waals surface area contributed by atoms with Gasteiger partial charge in [0, 0.05) is 25.0 Å². The van der Waals surface area contributed by atoms with Gasteiger partial charge in [-0.15, -0.1) is 0 Å². The zero-order valence-electron chi connectivity index (χ0n) is 11.1. The Morgan fingerprint density at radius 2 is 2.16 bits per heavy atom. The summed E-state index contributed by atoms with van der Waals surface area (Å²) in [5, 5.41) is 0. The summed E-state index contributed by atoms with van der Waals surface area (Å²) in [7, 11) is 3.51. The van der Waals surface area contributed by atoms with Crippen molar-refractivity contribution in [3.05, 3.63) is 53.9 Å². The van der Waals surface area contributed by atoms with Gasteiger partial charge in [0.25, 0.3) is 0 Å². The molecule has 0 bridgehead atoms. The van der Waals surface area contributed by atoms with Crippen LogP contribution in [0.5, 0.6) is 5.75 Å². The number of hydrogen-bond donors (Lipinski definition) is 0. The average molecular weight is 259 g/mol. The molecule has 0 radical (unpaired) electrons. The third-order valence-corrected chi connectivity index (χ3v) is 2.79. The van der Waals surface area contributed by atoms with Crippen molar-refractivity contribution in [1.82, 2.24) is 4.57 Å². The first-order chi connectivity index (χ1) is 9.19. The lowest BCUT2D eigenvalue weighted by atomic mass is 10.2. The van der Waals surface area contributed by atoms with Crippen LogP contribution in [0.25, 0.3) is 0 Å². The summed E-state index contributed by atoms with van der Waals surface area (Å²) in [6, 6.07) is 9.40. The van der Waals surface area contributed by atoms with Crippen LogP contribution in [0.3, 0.4) is 0 Å². The van der Waals surface area contributed by atoms with Crippen LogP contribution in [0.1, 0.15) is 15.9 Å². The highest BCUT2D eigenvalue weighted by atomic mass is 16.5. The first kappa shape index (κ1) is 13.4. The number of aryl methyl sites for hydroxylation is 1. The predicted molar refractivity (Wildman–Crippen MR) is 72.4 cm³/mol. The molecule has 0 unspecified atom stereocenters. The highest BCUT2D eigenvalue weighted by molar-refractivity contribution is 5.96. The van der Waals surface area contributed by atoms with Crippen molar-refractivity contribution in [3.8, 4) is 5.75 Å². The molecule has 100 valence electrons.